The third-order valence-electron chi connectivity index (χ3n) is 8.11. The Labute approximate surface area is 170 Å². The lowest BCUT2D eigenvalue weighted by atomic mass is 9.54. The fraction of sp³-hybridized carbons (Fsp3) is 0.760. The first kappa shape index (κ1) is 19.1. The normalized spacial score (nSPS) is 36.7. The first-order valence-electron chi connectivity index (χ1n) is 11.7. The van der Waals surface area contributed by atoms with Crippen molar-refractivity contribution in [3.63, 3.8) is 0 Å². The fourth-order valence-electron chi connectivity index (χ4n) is 7.15. The highest BCUT2D eigenvalue weighted by atomic mass is 16.5. The van der Waals surface area contributed by atoms with Gasteiger partial charge >= 0.3 is 0 Å². The summed E-state index contributed by atoms with van der Waals surface area (Å²) >= 11 is 0. The number of β-amino-alcohol motifs (C(OH)–C–C–N with tert-alkyl or cyclic N) is 1. The number of rotatable bonds is 7. The van der Waals surface area contributed by atoms with E-state index in [9.17, 15) is 5.11 Å². The van der Waals surface area contributed by atoms with E-state index in [0.717, 1.165) is 43.3 Å². The van der Waals surface area contributed by atoms with Crippen LogP contribution in [0.2, 0.25) is 0 Å². The Morgan fingerprint density at radius 3 is 2.18 bits per heavy atom. The van der Waals surface area contributed by atoms with Gasteiger partial charge in [-0.05, 0) is 100 Å². The first-order chi connectivity index (χ1) is 13.7. The third kappa shape index (κ3) is 4.32. The molecule has 4 saturated carbocycles. The summed E-state index contributed by atoms with van der Waals surface area (Å²) in [6.07, 6.45) is 11.5. The van der Waals surface area contributed by atoms with Gasteiger partial charge in [0.1, 0.15) is 0 Å². The van der Waals surface area contributed by atoms with Crippen LogP contribution in [0.25, 0.3) is 0 Å². The number of aliphatic hydroxyl groups excluding tert-OH is 1. The largest absolute Gasteiger partial charge is 0.389 e. The Morgan fingerprint density at radius 1 is 0.964 bits per heavy atom. The summed E-state index contributed by atoms with van der Waals surface area (Å²) in [7, 11) is 0. The molecule has 1 N–H and O–H groups in total. The van der Waals surface area contributed by atoms with Crippen molar-refractivity contribution < 1.29 is 9.84 Å². The topological polar surface area (TPSA) is 32.7 Å². The quantitative estimate of drug-likeness (QED) is 0.762. The number of hydrogen-bond donors (Lipinski definition) is 1. The van der Waals surface area contributed by atoms with Gasteiger partial charge < -0.3 is 14.7 Å². The molecule has 154 valence electrons. The smallest absolute Gasteiger partial charge is 0.0900 e. The molecule has 1 aromatic carbocycles. The summed E-state index contributed by atoms with van der Waals surface area (Å²) in [6, 6.07) is 10.9. The zero-order valence-corrected chi connectivity index (χ0v) is 17.3. The molecule has 28 heavy (non-hydrogen) atoms. The van der Waals surface area contributed by atoms with Crippen molar-refractivity contribution in [1.82, 2.24) is 4.90 Å². The molecule has 5 fully saturated rings. The molecule has 3 nitrogen and oxygen atoms in total. The molecule has 1 unspecified atom stereocenters. The average Bonchev–Trinajstić information content (AvgIpc) is 2.68. The summed E-state index contributed by atoms with van der Waals surface area (Å²) in [4.78, 5) is 2.45. The van der Waals surface area contributed by atoms with E-state index in [1.807, 2.05) is 0 Å². The third-order valence-corrected chi connectivity index (χ3v) is 8.11. The van der Waals surface area contributed by atoms with Gasteiger partial charge in [-0.3, -0.25) is 0 Å². The van der Waals surface area contributed by atoms with E-state index in [1.54, 1.807) is 0 Å². The van der Waals surface area contributed by atoms with Crippen LogP contribution < -0.4 is 0 Å². The molecule has 0 aromatic heterocycles. The molecule has 1 heterocycles. The molecule has 1 aliphatic heterocycles. The Hall–Kier alpha value is -0.900. The van der Waals surface area contributed by atoms with Gasteiger partial charge in [-0.1, -0.05) is 30.3 Å². The van der Waals surface area contributed by atoms with Crippen LogP contribution in [-0.4, -0.2) is 48.0 Å². The second kappa shape index (κ2) is 8.08. The van der Waals surface area contributed by atoms with E-state index in [1.165, 1.54) is 63.4 Å². The van der Waals surface area contributed by atoms with Crippen molar-refractivity contribution >= 4 is 0 Å². The number of piperidine rings is 1. The number of hydrogen-bond acceptors (Lipinski definition) is 3. The summed E-state index contributed by atoms with van der Waals surface area (Å²) in [6.45, 7) is 3.55. The van der Waals surface area contributed by atoms with Gasteiger partial charge in [0.2, 0.25) is 0 Å². The molecule has 1 atom stereocenters. The SMILES string of the molecule is OC(COC12CC3CC(CC(C3)C1)C2)CN1CCC(Cc2ccccc2)CC1. The minimum absolute atomic E-state index is 0.123. The van der Waals surface area contributed by atoms with Crippen molar-refractivity contribution in [1.29, 1.82) is 0 Å². The average molecular weight is 384 g/mol. The van der Waals surface area contributed by atoms with Crippen LogP contribution in [0.5, 0.6) is 0 Å². The highest BCUT2D eigenvalue weighted by Crippen LogP contribution is 2.57. The van der Waals surface area contributed by atoms with Crippen LogP contribution >= 0.6 is 0 Å². The molecule has 5 aliphatic rings. The van der Waals surface area contributed by atoms with Gasteiger partial charge in [-0.25, -0.2) is 0 Å². The molecule has 0 spiro atoms. The summed E-state index contributed by atoms with van der Waals surface area (Å²) in [5.74, 6) is 3.52. The molecule has 4 aliphatic carbocycles. The summed E-state index contributed by atoms with van der Waals surface area (Å²) in [5.41, 5.74) is 1.59. The number of nitrogens with zero attached hydrogens (tertiary/aromatic N) is 1. The highest BCUT2D eigenvalue weighted by Gasteiger charge is 2.51. The van der Waals surface area contributed by atoms with E-state index in [0.29, 0.717) is 6.61 Å². The van der Waals surface area contributed by atoms with Crippen LogP contribution in [-0.2, 0) is 11.2 Å². The van der Waals surface area contributed by atoms with E-state index < -0.39 is 0 Å². The summed E-state index contributed by atoms with van der Waals surface area (Å²) in [5, 5.41) is 10.6. The lowest BCUT2D eigenvalue weighted by Crippen LogP contribution is -2.53. The maximum atomic E-state index is 10.6. The first-order valence-corrected chi connectivity index (χ1v) is 11.7. The van der Waals surface area contributed by atoms with Crippen LogP contribution in [0, 0.1) is 23.7 Å². The van der Waals surface area contributed by atoms with Gasteiger partial charge in [0, 0.05) is 6.54 Å². The summed E-state index contributed by atoms with van der Waals surface area (Å²) < 4.78 is 6.47. The fourth-order valence-corrected chi connectivity index (χ4v) is 7.15. The Kier molecular flexibility index (Phi) is 5.51. The monoisotopic (exact) mass is 383 g/mol. The maximum absolute atomic E-state index is 10.6. The molecule has 0 radical (unpaired) electrons. The van der Waals surface area contributed by atoms with Gasteiger partial charge in [0.05, 0.1) is 18.3 Å². The molecule has 3 heteroatoms. The van der Waals surface area contributed by atoms with E-state index in [-0.39, 0.29) is 11.7 Å². The van der Waals surface area contributed by atoms with Gasteiger partial charge in [0.25, 0.3) is 0 Å². The predicted octanol–water partition coefficient (Wildman–Crippen LogP) is 4.29. The number of likely N-dealkylation sites (tertiary alicyclic amines) is 1. The second-order valence-electron chi connectivity index (χ2n) is 10.5. The van der Waals surface area contributed by atoms with E-state index >= 15 is 0 Å². The van der Waals surface area contributed by atoms with Gasteiger partial charge in [0.15, 0.2) is 0 Å². The molecular weight excluding hydrogens is 346 g/mol. The highest BCUT2D eigenvalue weighted by molar-refractivity contribution is 5.15. The van der Waals surface area contributed by atoms with Crippen molar-refractivity contribution in [3.8, 4) is 0 Å². The number of ether oxygens (including phenoxy) is 1. The minimum Gasteiger partial charge on any atom is -0.389 e. The molecule has 1 saturated heterocycles. The zero-order chi connectivity index (χ0) is 19.0. The maximum Gasteiger partial charge on any atom is 0.0900 e. The number of aliphatic hydroxyl groups is 1. The Balaban J connectivity index is 1.05. The lowest BCUT2D eigenvalue weighted by molar-refractivity contribution is -0.176. The van der Waals surface area contributed by atoms with E-state index in [4.69, 9.17) is 4.74 Å². The van der Waals surface area contributed by atoms with Crippen molar-refractivity contribution in [2.75, 3.05) is 26.2 Å². The molecule has 1 aromatic rings. The second-order valence-corrected chi connectivity index (χ2v) is 10.5. The molecular formula is C25H37NO2. The van der Waals surface area contributed by atoms with Crippen molar-refractivity contribution in [3.05, 3.63) is 35.9 Å². The standard InChI is InChI=1S/C25H37NO2/c27-24(18-28-25-14-21-11-22(15-25)13-23(12-21)16-25)17-26-8-6-20(7-9-26)10-19-4-2-1-3-5-19/h1-5,20-24,27H,6-18H2. The van der Waals surface area contributed by atoms with Crippen LogP contribution in [0.15, 0.2) is 30.3 Å². The molecule has 0 amide bonds. The predicted molar refractivity (Wildman–Crippen MR) is 112 cm³/mol. The van der Waals surface area contributed by atoms with E-state index in [2.05, 4.69) is 35.2 Å². The zero-order valence-electron chi connectivity index (χ0n) is 17.3. The van der Waals surface area contributed by atoms with Crippen molar-refractivity contribution in [2.45, 2.75) is 69.5 Å². The Morgan fingerprint density at radius 2 is 1.57 bits per heavy atom. The van der Waals surface area contributed by atoms with Crippen LogP contribution in [0.4, 0.5) is 0 Å². The van der Waals surface area contributed by atoms with Gasteiger partial charge in [-0.2, -0.15) is 0 Å². The van der Waals surface area contributed by atoms with Gasteiger partial charge in [-0.15, -0.1) is 0 Å². The Bertz CT molecular complexity index is 602. The van der Waals surface area contributed by atoms with Crippen molar-refractivity contribution in [2.24, 2.45) is 23.7 Å². The van der Waals surface area contributed by atoms with Crippen LogP contribution in [0.1, 0.15) is 56.9 Å². The lowest BCUT2D eigenvalue weighted by Gasteiger charge is -2.56. The minimum atomic E-state index is -0.335. The number of benzene rings is 1. The molecule has 4 bridgehead atoms. The molecule has 6 rings (SSSR count). The van der Waals surface area contributed by atoms with Crippen LogP contribution in [0.3, 0.4) is 0 Å².